The van der Waals surface area contributed by atoms with E-state index < -0.39 is 6.10 Å². The Labute approximate surface area is 112 Å². The second-order valence-corrected chi connectivity index (χ2v) is 4.97. The summed E-state index contributed by atoms with van der Waals surface area (Å²) in [5, 5.41) is 21.9. The summed E-state index contributed by atoms with van der Waals surface area (Å²) in [6.07, 6.45) is 1.57. The van der Waals surface area contributed by atoms with Crippen LogP contribution in [0, 0.1) is 0 Å². The van der Waals surface area contributed by atoms with Gasteiger partial charge >= 0.3 is 0 Å². The van der Waals surface area contributed by atoms with E-state index in [0.717, 1.165) is 11.3 Å². The monoisotopic (exact) mass is 271 g/mol. The number of hydrogen-bond donors (Lipinski definition) is 3. The van der Waals surface area contributed by atoms with Gasteiger partial charge < -0.3 is 20.3 Å². The van der Waals surface area contributed by atoms with E-state index in [1.807, 2.05) is 12.1 Å². The highest BCUT2D eigenvalue weighted by Gasteiger charge is 2.27. The maximum atomic E-state index is 9.38. The number of aliphatic hydroxyl groups excluding tert-OH is 2. The standard InChI is InChI=1S/C13H18ClNO3/c1-18-13-5-12(15-6-9(17)7-16)10(4-11(13)14)8-2-3-8/h4-5,8-9,15-17H,2-3,6-7H2,1H3. The van der Waals surface area contributed by atoms with Crippen LogP contribution in [0.3, 0.4) is 0 Å². The third kappa shape index (κ3) is 3.07. The molecule has 1 fully saturated rings. The molecule has 1 aliphatic rings. The van der Waals surface area contributed by atoms with Gasteiger partial charge in [0.15, 0.2) is 0 Å². The minimum atomic E-state index is -0.765. The Kier molecular flexibility index (Phi) is 4.32. The van der Waals surface area contributed by atoms with Crippen molar-refractivity contribution in [1.29, 1.82) is 0 Å². The molecule has 1 unspecified atom stereocenters. The highest BCUT2D eigenvalue weighted by Crippen LogP contribution is 2.46. The van der Waals surface area contributed by atoms with Crippen LogP contribution in [0.25, 0.3) is 0 Å². The Morgan fingerprint density at radius 2 is 2.22 bits per heavy atom. The molecule has 0 heterocycles. The van der Waals surface area contributed by atoms with Gasteiger partial charge in [-0.3, -0.25) is 0 Å². The van der Waals surface area contributed by atoms with Gasteiger partial charge in [0.05, 0.1) is 24.8 Å². The lowest BCUT2D eigenvalue weighted by atomic mass is 10.1. The van der Waals surface area contributed by atoms with E-state index in [4.69, 9.17) is 21.4 Å². The summed E-state index contributed by atoms with van der Waals surface area (Å²) in [7, 11) is 1.57. The molecule has 0 saturated heterocycles. The Balaban J connectivity index is 2.19. The van der Waals surface area contributed by atoms with Gasteiger partial charge in [-0.15, -0.1) is 0 Å². The largest absolute Gasteiger partial charge is 0.495 e. The van der Waals surface area contributed by atoms with E-state index in [9.17, 15) is 5.11 Å². The molecule has 3 N–H and O–H groups in total. The van der Waals surface area contributed by atoms with E-state index in [2.05, 4.69) is 5.32 Å². The van der Waals surface area contributed by atoms with Crippen molar-refractivity contribution in [2.75, 3.05) is 25.6 Å². The summed E-state index contributed by atoms with van der Waals surface area (Å²) in [5.74, 6) is 1.16. The summed E-state index contributed by atoms with van der Waals surface area (Å²) in [5.41, 5.74) is 2.08. The van der Waals surface area contributed by atoms with Crippen molar-refractivity contribution in [2.45, 2.75) is 24.9 Å². The van der Waals surface area contributed by atoms with E-state index in [1.54, 1.807) is 7.11 Å². The fourth-order valence-corrected chi connectivity index (χ4v) is 2.15. The van der Waals surface area contributed by atoms with Crippen LogP contribution in [0.5, 0.6) is 5.75 Å². The summed E-state index contributed by atoms with van der Waals surface area (Å²) >= 11 is 6.12. The zero-order valence-electron chi connectivity index (χ0n) is 10.3. The molecule has 5 heteroatoms. The Hall–Kier alpha value is -0.970. The number of rotatable bonds is 6. The fraction of sp³-hybridized carbons (Fsp3) is 0.538. The number of anilines is 1. The third-order valence-electron chi connectivity index (χ3n) is 3.08. The van der Waals surface area contributed by atoms with E-state index in [1.165, 1.54) is 12.8 Å². The molecular formula is C13H18ClNO3. The maximum Gasteiger partial charge on any atom is 0.139 e. The number of halogens is 1. The van der Waals surface area contributed by atoms with Gasteiger partial charge in [0.25, 0.3) is 0 Å². The van der Waals surface area contributed by atoms with Gasteiger partial charge in [-0.25, -0.2) is 0 Å². The van der Waals surface area contributed by atoms with Gasteiger partial charge in [-0.1, -0.05) is 11.6 Å². The molecule has 1 atom stereocenters. The minimum absolute atomic E-state index is 0.253. The molecule has 1 aliphatic carbocycles. The lowest BCUT2D eigenvalue weighted by molar-refractivity contribution is 0.105. The number of aliphatic hydroxyl groups is 2. The first kappa shape index (κ1) is 13.5. The first-order valence-corrected chi connectivity index (χ1v) is 6.43. The van der Waals surface area contributed by atoms with Gasteiger partial charge in [0.1, 0.15) is 5.75 Å². The predicted octanol–water partition coefficient (Wildman–Crippen LogP) is 1.99. The SMILES string of the molecule is COc1cc(NCC(O)CO)c(C2CC2)cc1Cl. The molecule has 18 heavy (non-hydrogen) atoms. The molecule has 2 rings (SSSR count). The number of hydrogen-bond acceptors (Lipinski definition) is 4. The van der Waals surface area contributed by atoms with Crippen molar-refractivity contribution in [3.8, 4) is 5.75 Å². The Morgan fingerprint density at radius 1 is 1.50 bits per heavy atom. The van der Waals surface area contributed by atoms with Crippen LogP contribution in [0.2, 0.25) is 5.02 Å². The quantitative estimate of drug-likeness (QED) is 0.741. The van der Waals surface area contributed by atoms with Crippen molar-refractivity contribution in [1.82, 2.24) is 0 Å². The molecule has 0 radical (unpaired) electrons. The van der Waals surface area contributed by atoms with E-state index >= 15 is 0 Å². The van der Waals surface area contributed by atoms with Crippen LogP contribution in [0.4, 0.5) is 5.69 Å². The number of methoxy groups -OCH3 is 1. The van der Waals surface area contributed by atoms with Crippen molar-refractivity contribution in [3.63, 3.8) is 0 Å². The van der Waals surface area contributed by atoms with Gasteiger partial charge in [-0.2, -0.15) is 0 Å². The smallest absolute Gasteiger partial charge is 0.139 e. The third-order valence-corrected chi connectivity index (χ3v) is 3.38. The summed E-state index contributed by atoms with van der Waals surface area (Å²) in [6.45, 7) is 0.0531. The normalized spacial score (nSPS) is 16.4. The lowest BCUT2D eigenvalue weighted by Gasteiger charge is -2.16. The van der Waals surface area contributed by atoms with Crippen LogP contribution in [-0.4, -0.2) is 36.6 Å². The summed E-state index contributed by atoms with van der Waals surface area (Å²) in [6, 6.07) is 3.77. The highest BCUT2D eigenvalue weighted by atomic mass is 35.5. The van der Waals surface area contributed by atoms with E-state index in [-0.39, 0.29) is 6.61 Å². The fourth-order valence-electron chi connectivity index (χ4n) is 1.90. The van der Waals surface area contributed by atoms with Crippen LogP contribution in [0.1, 0.15) is 24.3 Å². The van der Waals surface area contributed by atoms with Gasteiger partial charge in [0.2, 0.25) is 0 Å². The van der Waals surface area contributed by atoms with Gasteiger partial charge in [-0.05, 0) is 30.4 Å². The molecule has 4 nitrogen and oxygen atoms in total. The summed E-state index contributed by atoms with van der Waals surface area (Å²) in [4.78, 5) is 0. The van der Waals surface area contributed by atoms with Crippen molar-refractivity contribution >= 4 is 17.3 Å². The predicted molar refractivity (Wildman–Crippen MR) is 71.6 cm³/mol. The van der Waals surface area contributed by atoms with Crippen LogP contribution >= 0.6 is 11.6 Å². The van der Waals surface area contributed by atoms with Crippen LogP contribution in [0.15, 0.2) is 12.1 Å². The number of nitrogens with one attached hydrogen (secondary N) is 1. The van der Waals surface area contributed by atoms with Crippen LogP contribution < -0.4 is 10.1 Å². The molecule has 0 aliphatic heterocycles. The average molecular weight is 272 g/mol. The zero-order chi connectivity index (χ0) is 13.1. The van der Waals surface area contributed by atoms with Crippen molar-refractivity contribution in [3.05, 3.63) is 22.7 Å². The molecule has 0 spiro atoms. The molecule has 0 amide bonds. The molecule has 0 aromatic heterocycles. The Bertz CT molecular complexity index is 421. The average Bonchev–Trinajstić information content (AvgIpc) is 3.20. The second-order valence-electron chi connectivity index (χ2n) is 4.57. The molecule has 100 valence electrons. The lowest BCUT2D eigenvalue weighted by Crippen LogP contribution is -2.23. The minimum Gasteiger partial charge on any atom is -0.495 e. The highest BCUT2D eigenvalue weighted by molar-refractivity contribution is 6.32. The Morgan fingerprint density at radius 3 is 2.78 bits per heavy atom. The van der Waals surface area contributed by atoms with Crippen molar-refractivity contribution in [2.24, 2.45) is 0 Å². The second kappa shape index (κ2) is 5.78. The van der Waals surface area contributed by atoms with Crippen LogP contribution in [-0.2, 0) is 0 Å². The molecule has 1 aromatic carbocycles. The first-order chi connectivity index (χ1) is 8.65. The molecular weight excluding hydrogens is 254 g/mol. The topological polar surface area (TPSA) is 61.7 Å². The zero-order valence-corrected chi connectivity index (χ0v) is 11.1. The van der Waals surface area contributed by atoms with Crippen molar-refractivity contribution < 1.29 is 14.9 Å². The maximum absolute atomic E-state index is 9.38. The van der Waals surface area contributed by atoms with Gasteiger partial charge in [0, 0.05) is 18.3 Å². The molecule has 1 aromatic rings. The first-order valence-electron chi connectivity index (χ1n) is 6.06. The van der Waals surface area contributed by atoms with E-state index in [0.29, 0.717) is 23.2 Å². The molecule has 0 bridgehead atoms. The number of ether oxygens (including phenoxy) is 1. The molecule has 1 saturated carbocycles. The summed E-state index contributed by atoms with van der Waals surface area (Å²) < 4.78 is 5.19. The number of benzene rings is 1.